The number of nitrogens with zero attached hydrogens (tertiary/aromatic N) is 1. The van der Waals surface area contributed by atoms with Gasteiger partial charge in [-0.3, -0.25) is 4.90 Å². The lowest BCUT2D eigenvalue weighted by Crippen LogP contribution is -2.47. The quantitative estimate of drug-likeness (QED) is 0.790. The topological polar surface area (TPSA) is 15.3 Å². The van der Waals surface area contributed by atoms with Crippen LogP contribution in [0.25, 0.3) is 0 Å². The molecule has 3 atom stereocenters. The summed E-state index contributed by atoms with van der Waals surface area (Å²) in [6.07, 6.45) is 8.36. The Bertz CT molecular complexity index is 205. The molecule has 2 fully saturated rings. The molecule has 94 valence electrons. The maximum atomic E-state index is 3.71. The van der Waals surface area contributed by atoms with E-state index in [4.69, 9.17) is 0 Å². The highest BCUT2D eigenvalue weighted by molar-refractivity contribution is 4.85. The number of hydrogen-bond donors (Lipinski definition) is 1. The van der Waals surface area contributed by atoms with Crippen LogP contribution in [0.1, 0.15) is 52.4 Å². The maximum Gasteiger partial charge on any atom is 0.0197 e. The van der Waals surface area contributed by atoms with Gasteiger partial charge in [-0.25, -0.2) is 0 Å². The molecule has 2 nitrogen and oxygen atoms in total. The molecule has 0 bridgehead atoms. The highest BCUT2D eigenvalue weighted by Crippen LogP contribution is 2.24. The van der Waals surface area contributed by atoms with E-state index in [0.29, 0.717) is 0 Å². The zero-order chi connectivity index (χ0) is 11.4. The van der Waals surface area contributed by atoms with E-state index >= 15 is 0 Å². The molecular formula is C14H28N2. The molecule has 2 aliphatic rings. The Kier molecular flexibility index (Phi) is 4.66. The number of hydrogen-bond acceptors (Lipinski definition) is 2. The fraction of sp³-hybridized carbons (Fsp3) is 1.00. The zero-order valence-corrected chi connectivity index (χ0v) is 11.0. The van der Waals surface area contributed by atoms with Gasteiger partial charge in [0, 0.05) is 18.6 Å². The van der Waals surface area contributed by atoms with Crippen LogP contribution in [0.2, 0.25) is 0 Å². The van der Waals surface area contributed by atoms with Crippen molar-refractivity contribution in [3.63, 3.8) is 0 Å². The van der Waals surface area contributed by atoms with Crippen molar-refractivity contribution in [2.75, 3.05) is 19.6 Å². The van der Waals surface area contributed by atoms with Gasteiger partial charge in [0.1, 0.15) is 0 Å². The average molecular weight is 224 g/mol. The largest absolute Gasteiger partial charge is 0.313 e. The number of piperidine rings is 1. The molecule has 16 heavy (non-hydrogen) atoms. The third kappa shape index (κ3) is 2.98. The van der Waals surface area contributed by atoms with Gasteiger partial charge in [0.2, 0.25) is 0 Å². The van der Waals surface area contributed by atoms with Crippen molar-refractivity contribution >= 4 is 0 Å². The zero-order valence-electron chi connectivity index (χ0n) is 11.0. The summed E-state index contributed by atoms with van der Waals surface area (Å²) < 4.78 is 0. The van der Waals surface area contributed by atoms with Crippen molar-refractivity contribution in [3.8, 4) is 0 Å². The van der Waals surface area contributed by atoms with Gasteiger partial charge < -0.3 is 5.32 Å². The minimum atomic E-state index is 0.769. The monoisotopic (exact) mass is 224 g/mol. The molecule has 0 saturated carbocycles. The molecule has 2 heterocycles. The van der Waals surface area contributed by atoms with Gasteiger partial charge in [0.15, 0.2) is 0 Å². The maximum absolute atomic E-state index is 3.71. The summed E-state index contributed by atoms with van der Waals surface area (Å²) in [5.74, 6) is 0.980. The molecular weight excluding hydrogens is 196 g/mol. The lowest BCUT2D eigenvalue weighted by atomic mass is 9.90. The number of rotatable bonds is 4. The summed E-state index contributed by atoms with van der Waals surface area (Å²) in [5, 5.41) is 3.71. The van der Waals surface area contributed by atoms with Gasteiger partial charge in [0.05, 0.1) is 0 Å². The minimum absolute atomic E-state index is 0.769. The molecule has 0 aromatic heterocycles. The predicted octanol–water partition coefficient (Wildman–Crippen LogP) is 2.64. The standard InChI is InChI=1S/C14H28N2/c1-3-12-7-8-15-13(10-12)11-16-9-5-6-14(16)4-2/h12-15H,3-11H2,1-2H3. The Balaban J connectivity index is 1.79. The molecule has 2 rings (SSSR count). The fourth-order valence-corrected chi connectivity index (χ4v) is 3.49. The van der Waals surface area contributed by atoms with Gasteiger partial charge >= 0.3 is 0 Å². The highest BCUT2D eigenvalue weighted by Gasteiger charge is 2.27. The van der Waals surface area contributed by atoms with Crippen LogP contribution in [0, 0.1) is 5.92 Å². The Hall–Kier alpha value is -0.0800. The van der Waals surface area contributed by atoms with E-state index in [1.54, 1.807) is 0 Å². The van der Waals surface area contributed by atoms with Crippen molar-refractivity contribution in [2.45, 2.75) is 64.5 Å². The first-order valence-corrected chi connectivity index (χ1v) is 7.30. The van der Waals surface area contributed by atoms with Gasteiger partial charge in [-0.1, -0.05) is 20.3 Å². The molecule has 0 radical (unpaired) electrons. The number of likely N-dealkylation sites (tertiary alicyclic amines) is 1. The van der Waals surface area contributed by atoms with E-state index in [0.717, 1.165) is 18.0 Å². The fourth-order valence-electron chi connectivity index (χ4n) is 3.49. The van der Waals surface area contributed by atoms with Crippen LogP contribution in [0.3, 0.4) is 0 Å². The summed E-state index contributed by atoms with van der Waals surface area (Å²) in [4.78, 5) is 2.73. The SMILES string of the molecule is CCC1CCNC(CN2CCCC2CC)C1. The number of nitrogens with one attached hydrogen (secondary N) is 1. The van der Waals surface area contributed by atoms with Crippen molar-refractivity contribution in [1.29, 1.82) is 0 Å². The Morgan fingerprint density at radius 1 is 1.19 bits per heavy atom. The molecule has 2 saturated heterocycles. The van der Waals surface area contributed by atoms with Gasteiger partial charge in [0.25, 0.3) is 0 Å². The van der Waals surface area contributed by atoms with Crippen molar-refractivity contribution < 1.29 is 0 Å². The molecule has 0 amide bonds. The second-order valence-corrected chi connectivity index (χ2v) is 5.65. The molecule has 0 spiro atoms. The summed E-state index contributed by atoms with van der Waals surface area (Å²) in [5.41, 5.74) is 0. The molecule has 0 aromatic carbocycles. The Morgan fingerprint density at radius 3 is 2.81 bits per heavy atom. The van der Waals surface area contributed by atoms with E-state index < -0.39 is 0 Å². The lowest BCUT2D eigenvalue weighted by molar-refractivity contribution is 0.185. The van der Waals surface area contributed by atoms with Crippen LogP contribution >= 0.6 is 0 Å². The highest BCUT2D eigenvalue weighted by atomic mass is 15.2. The summed E-state index contributed by atoms with van der Waals surface area (Å²) in [7, 11) is 0. The van der Waals surface area contributed by atoms with Crippen LogP contribution < -0.4 is 5.32 Å². The summed E-state index contributed by atoms with van der Waals surface area (Å²) >= 11 is 0. The Labute approximate surface area is 101 Å². The van der Waals surface area contributed by atoms with Gasteiger partial charge in [-0.05, 0) is 51.1 Å². The first-order valence-electron chi connectivity index (χ1n) is 7.30. The Morgan fingerprint density at radius 2 is 2.06 bits per heavy atom. The molecule has 1 N–H and O–H groups in total. The van der Waals surface area contributed by atoms with Crippen LogP contribution in [0.5, 0.6) is 0 Å². The first kappa shape index (κ1) is 12.4. The van der Waals surface area contributed by atoms with E-state index in [-0.39, 0.29) is 0 Å². The van der Waals surface area contributed by atoms with Gasteiger partial charge in [-0.2, -0.15) is 0 Å². The molecule has 0 aliphatic carbocycles. The van der Waals surface area contributed by atoms with Crippen LogP contribution in [-0.2, 0) is 0 Å². The van der Waals surface area contributed by atoms with E-state index in [1.165, 1.54) is 58.2 Å². The minimum Gasteiger partial charge on any atom is -0.313 e. The van der Waals surface area contributed by atoms with Gasteiger partial charge in [-0.15, -0.1) is 0 Å². The van der Waals surface area contributed by atoms with Crippen molar-refractivity contribution in [1.82, 2.24) is 10.2 Å². The lowest BCUT2D eigenvalue weighted by Gasteiger charge is -2.34. The van der Waals surface area contributed by atoms with Crippen molar-refractivity contribution in [2.24, 2.45) is 5.92 Å². The second-order valence-electron chi connectivity index (χ2n) is 5.65. The van der Waals surface area contributed by atoms with Crippen LogP contribution in [-0.4, -0.2) is 36.6 Å². The average Bonchev–Trinajstić information content (AvgIpc) is 2.76. The molecule has 0 aromatic rings. The molecule has 2 aliphatic heterocycles. The van der Waals surface area contributed by atoms with E-state index in [2.05, 4.69) is 24.1 Å². The van der Waals surface area contributed by atoms with E-state index in [1.807, 2.05) is 0 Å². The molecule has 2 heteroatoms. The third-order valence-electron chi connectivity index (χ3n) is 4.61. The smallest absolute Gasteiger partial charge is 0.0197 e. The normalized spacial score (nSPS) is 36.8. The van der Waals surface area contributed by atoms with Crippen LogP contribution in [0.4, 0.5) is 0 Å². The second kappa shape index (κ2) is 6.02. The van der Waals surface area contributed by atoms with E-state index in [9.17, 15) is 0 Å². The predicted molar refractivity (Wildman–Crippen MR) is 69.7 cm³/mol. The van der Waals surface area contributed by atoms with Crippen LogP contribution in [0.15, 0.2) is 0 Å². The molecule has 3 unspecified atom stereocenters. The summed E-state index contributed by atoms with van der Waals surface area (Å²) in [6.45, 7) is 8.57. The first-order chi connectivity index (χ1) is 7.83. The third-order valence-corrected chi connectivity index (χ3v) is 4.61. The van der Waals surface area contributed by atoms with Crippen molar-refractivity contribution in [3.05, 3.63) is 0 Å². The summed E-state index contributed by atoms with van der Waals surface area (Å²) in [6, 6.07) is 1.65.